The molecule has 5 heteroatoms. The van der Waals surface area contributed by atoms with Crippen LogP contribution in [-0.4, -0.2) is 26.3 Å². The first-order valence-electron chi connectivity index (χ1n) is 8.08. The number of benzene rings is 2. The van der Waals surface area contributed by atoms with E-state index in [-0.39, 0.29) is 0 Å². The second kappa shape index (κ2) is 9.08. The lowest BCUT2D eigenvalue weighted by Gasteiger charge is -2.13. The molecule has 132 valence electrons. The second-order valence-corrected chi connectivity index (χ2v) is 5.68. The molecule has 0 atom stereocenters. The Morgan fingerprint density at radius 1 is 0.800 bits per heavy atom. The number of ether oxygens (including phenoxy) is 3. The molecule has 2 aromatic carbocycles. The molecular formula is C20H23NO3S. The number of methoxy groups -OCH3 is 3. The third-order valence-electron chi connectivity index (χ3n) is 3.49. The third-order valence-corrected chi connectivity index (χ3v) is 4.38. The molecule has 1 aromatic heterocycles. The zero-order valence-electron chi connectivity index (χ0n) is 15.2. The lowest BCUT2D eigenvalue weighted by molar-refractivity contribution is 0.324. The molecule has 0 aliphatic heterocycles. The first-order chi connectivity index (χ1) is 12.3. The Morgan fingerprint density at radius 2 is 1.40 bits per heavy atom. The molecule has 0 spiro atoms. The first kappa shape index (κ1) is 18.8. The van der Waals surface area contributed by atoms with Crippen LogP contribution in [0.25, 0.3) is 21.8 Å². The van der Waals surface area contributed by atoms with Gasteiger partial charge in [0.25, 0.3) is 0 Å². The van der Waals surface area contributed by atoms with E-state index in [1.165, 1.54) is 0 Å². The van der Waals surface area contributed by atoms with E-state index >= 15 is 0 Å². The maximum Gasteiger partial charge on any atom is 0.203 e. The van der Waals surface area contributed by atoms with Gasteiger partial charge in [-0.05, 0) is 12.1 Å². The Balaban J connectivity index is 0.00000109. The van der Waals surface area contributed by atoms with E-state index in [0.29, 0.717) is 17.2 Å². The molecule has 0 N–H and O–H groups in total. The van der Waals surface area contributed by atoms with Gasteiger partial charge in [-0.2, -0.15) is 0 Å². The van der Waals surface area contributed by atoms with Crippen molar-refractivity contribution in [3.05, 3.63) is 47.8 Å². The van der Waals surface area contributed by atoms with E-state index < -0.39 is 0 Å². The lowest BCUT2D eigenvalue weighted by Crippen LogP contribution is -1.95. The fourth-order valence-corrected chi connectivity index (χ4v) is 3.18. The van der Waals surface area contributed by atoms with E-state index in [4.69, 9.17) is 19.2 Å². The molecule has 1 heterocycles. The van der Waals surface area contributed by atoms with Gasteiger partial charge in [0.1, 0.15) is 5.01 Å². The van der Waals surface area contributed by atoms with E-state index in [9.17, 15) is 0 Å². The summed E-state index contributed by atoms with van der Waals surface area (Å²) in [5, 5.41) is 3.01. The summed E-state index contributed by atoms with van der Waals surface area (Å²) in [6.07, 6.45) is 0. The summed E-state index contributed by atoms with van der Waals surface area (Å²) in [7, 11) is 4.81. The molecule has 0 amide bonds. The molecular weight excluding hydrogens is 334 g/mol. The first-order valence-corrected chi connectivity index (χ1v) is 8.96. The zero-order chi connectivity index (χ0) is 18.2. The molecule has 0 bridgehead atoms. The molecule has 0 saturated heterocycles. The number of rotatable bonds is 5. The third kappa shape index (κ3) is 4.12. The monoisotopic (exact) mass is 357 g/mol. The molecule has 0 aliphatic carbocycles. The van der Waals surface area contributed by atoms with E-state index in [1.54, 1.807) is 32.7 Å². The van der Waals surface area contributed by atoms with Crippen molar-refractivity contribution in [2.24, 2.45) is 0 Å². The second-order valence-electron chi connectivity index (χ2n) is 4.82. The maximum atomic E-state index is 5.40. The van der Waals surface area contributed by atoms with Gasteiger partial charge in [0.05, 0.1) is 27.0 Å². The summed E-state index contributed by atoms with van der Waals surface area (Å²) in [6, 6.07) is 13.9. The Bertz CT molecular complexity index is 775. The predicted octanol–water partition coefficient (Wildman–Crippen LogP) is 5.53. The van der Waals surface area contributed by atoms with Crippen LogP contribution in [0.4, 0.5) is 0 Å². The average Bonchev–Trinajstić information content (AvgIpc) is 3.19. The summed E-state index contributed by atoms with van der Waals surface area (Å²) in [5.74, 6) is 1.82. The van der Waals surface area contributed by atoms with Crippen LogP contribution in [0.3, 0.4) is 0 Å². The van der Waals surface area contributed by atoms with Crippen LogP contribution in [0.15, 0.2) is 47.8 Å². The summed E-state index contributed by atoms with van der Waals surface area (Å²) < 4.78 is 16.2. The normalized spacial score (nSPS) is 9.80. The van der Waals surface area contributed by atoms with Crippen LogP contribution in [0.1, 0.15) is 13.8 Å². The van der Waals surface area contributed by atoms with Crippen molar-refractivity contribution in [1.82, 2.24) is 4.98 Å². The van der Waals surface area contributed by atoms with Crippen molar-refractivity contribution < 1.29 is 14.2 Å². The molecule has 3 rings (SSSR count). The topological polar surface area (TPSA) is 40.6 Å². The summed E-state index contributed by atoms with van der Waals surface area (Å²) in [4.78, 5) is 4.72. The minimum atomic E-state index is 0.581. The largest absolute Gasteiger partial charge is 0.493 e. The highest BCUT2D eigenvalue weighted by Gasteiger charge is 2.15. The molecule has 0 radical (unpaired) electrons. The number of aromatic nitrogens is 1. The Morgan fingerprint density at radius 3 is 1.92 bits per heavy atom. The summed E-state index contributed by atoms with van der Waals surface area (Å²) >= 11 is 1.61. The molecule has 25 heavy (non-hydrogen) atoms. The van der Waals surface area contributed by atoms with Crippen LogP contribution < -0.4 is 14.2 Å². The van der Waals surface area contributed by atoms with Crippen molar-refractivity contribution in [2.45, 2.75) is 13.8 Å². The molecule has 4 nitrogen and oxygen atoms in total. The average molecular weight is 357 g/mol. The van der Waals surface area contributed by atoms with Crippen LogP contribution in [0, 0.1) is 0 Å². The predicted molar refractivity (Wildman–Crippen MR) is 104 cm³/mol. The fourth-order valence-electron chi connectivity index (χ4n) is 2.35. The van der Waals surface area contributed by atoms with Crippen molar-refractivity contribution >= 4 is 11.3 Å². The molecule has 0 saturated carbocycles. The SMILES string of the molecule is CC.COc1cc(-c2csc(-c3ccccc3)n2)cc(OC)c1OC. The quantitative estimate of drug-likeness (QED) is 0.602. The van der Waals surface area contributed by atoms with Gasteiger partial charge in [-0.15, -0.1) is 11.3 Å². The van der Waals surface area contributed by atoms with Gasteiger partial charge in [0.2, 0.25) is 5.75 Å². The summed E-state index contributed by atoms with van der Waals surface area (Å²) in [6.45, 7) is 4.00. The van der Waals surface area contributed by atoms with Crippen LogP contribution in [0.5, 0.6) is 17.2 Å². The highest BCUT2D eigenvalue weighted by Crippen LogP contribution is 2.41. The van der Waals surface area contributed by atoms with Gasteiger partial charge in [-0.1, -0.05) is 44.2 Å². The zero-order valence-corrected chi connectivity index (χ0v) is 16.0. The van der Waals surface area contributed by atoms with Gasteiger partial charge in [0.15, 0.2) is 11.5 Å². The minimum absolute atomic E-state index is 0.581. The van der Waals surface area contributed by atoms with Gasteiger partial charge >= 0.3 is 0 Å². The Kier molecular flexibility index (Phi) is 6.83. The summed E-state index contributed by atoms with van der Waals surface area (Å²) in [5.41, 5.74) is 2.92. The van der Waals surface area contributed by atoms with Gasteiger partial charge in [-0.3, -0.25) is 0 Å². The fraction of sp³-hybridized carbons (Fsp3) is 0.250. The molecule has 0 fully saturated rings. The minimum Gasteiger partial charge on any atom is -0.493 e. The number of nitrogens with zero attached hydrogens (tertiary/aromatic N) is 1. The van der Waals surface area contributed by atoms with Crippen molar-refractivity contribution in [2.75, 3.05) is 21.3 Å². The van der Waals surface area contributed by atoms with E-state index in [1.807, 2.05) is 49.6 Å². The smallest absolute Gasteiger partial charge is 0.203 e. The van der Waals surface area contributed by atoms with Gasteiger partial charge in [0, 0.05) is 16.5 Å². The lowest BCUT2D eigenvalue weighted by atomic mass is 10.1. The standard InChI is InChI=1S/C18H17NO3S.C2H6/c1-20-15-9-13(10-16(21-2)17(15)22-3)14-11-23-18(19-14)12-7-5-4-6-8-12;1-2/h4-11H,1-3H3;1-2H3. The molecule has 0 unspecified atom stereocenters. The van der Waals surface area contributed by atoms with Gasteiger partial charge in [-0.25, -0.2) is 4.98 Å². The van der Waals surface area contributed by atoms with Crippen LogP contribution in [-0.2, 0) is 0 Å². The number of hydrogen-bond donors (Lipinski definition) is 0. The molecule has 0 aliphatic rings. The Hall–Kier alpha value is -2.53. The number of hydrogen-bond acceptors (Lipinski definition) is 5. The highest BCUT2D eigenvalue weighted by atomic mass is 32.1. The molecule has 3 aromatic rings. The van der Waals surface area contributed by atoms with E-state index in [0.717, 1.165) is 21.8 Å². The van der Waals surface area contributed by atoms with Gasteiger partial charge < -0.3 is 14.2 Å². The highest BCUT2D eigenvalue weighted by molar-refractivity contribution is 7.13. The van der Waals surface area contributed by atoms with Crippen LogP contribution >= 0.6 is 11.3 Å². The van der Waals surface area contributed by atoms with Crippen molar-refractivity contribution in [3.63, 3.8) is 0 Å². The van der Waals surface area contributed by atoms with E-state index in [2.05, 4.69) is 12.1 Å². The maximum absolute atomic E-state index is 5.40. The number of thiazole rings is 1. The van der Waals surface area contributed by atoms with Crippen molar-refractivity contribution in [1.29, 1.82) is 0 Å². The van der Waals surface area contributed by atoms with Crippen molar-refractivity contribution in [3.8, 4) is 39.1 Å². The van der Waals surface area contributed by atoms with Crippen LogP contribution in [0.2, 0.25) is 0 Å². The Labute approximate surface area is 153 Å².